The highest BCUT2D eigenvalue weighted by Gasteiger charge is 2.30. The summed E-state index contributed by atoms with van der Waals surface area (Å²) in [5, 5.41) is 0.881. The Kier molecular flexibility index (Phi) is 6.88. The van der Waals surface area contributed by atoms with E-state index in [1.807, 2.05) is 26.0 Å². The van der Waals surface area contributed by atoms with Crippen molar-refractivity contribution >= 4 is 26.9 Å². The number of hydrogen-bond acceptors (Lipinski definition) is 6. The molecular formula is C25H28N2O6S. The lowest BCUT2D eigenvalue weighted by Gasteiger charge is -2.25. The van der Waals surface area contributed by atoms with E-state index in [4.69, 9.17) is 4.74 Å². The van der Waals surface area contributed by atoms with Gasteiger partial charge in [-0.3, -0.25) is 4.79 Å². The number of sulfonamides is 1. The minimum Gasteiger partial charge on any atom is -0.465 e. The standard InChI is InChI=1S/C25H28N2O6S/c1-16-6-7-17(2)23-22(16)13-19(24(28)26-23)14-27(15-20-5-4-12-33-20)34(30,31)21-10-8-18(9-11-21)25(29)32-3/h6-11,13,20H,4-5,12,14-15H2,1-3H3,(H,26,28)/t20-/m1/s1. The molecule has 1 fully saturated rings. The van der Waals surface area contributed by atoms with Gasteiger partial charge in [-0.1, -0.05) is 12.1 Å². The van der Waals surface area contributed by atoms with Crippen molar-refractivity contribution in [1.29, 1.82) is 0 Å². The molecule has 1 atom stereocenters. The average molecular weight is 485 g/mol. The van der Waals surface area contributed by atoms with Gasteiger partial charge in [-0.15, -0.1) is 0 Å². The van der Waals surface area contributed by atoms with Crippen molar-refractivity contribution in [3.63, 3.8) is 0 Å². The molecule has 0 amide bonds. The number of rotatable bonds is 7. The molecule has 4 rings (SSSR count). The number of pyridine rings is 1. The molecule has 34 heavy (non-hydrogen) atoms. The van der Waals surface area contributed by atoms with E-state index in [1.54, 1.807) is 6.07 Å². The Morgan fingerprint density at radius 2 is 1.85 bits per heavy atom. The second-order valence-electron chi connectivity index (χ2n) is 8.56. The van der Waals surface area contributed by atoms with E-state index in [2.05, 4.69) is 9.72 Å². The fraction of sp³-hybridized carbons (Fsp3) is 0.360. The van der Waals surface area contributed by atoms with Gasteiger partial charge < -0.3 is 14.5 Å². The lowest BCUT2D eigenvalue weighted by molar-refractivity contribution is 0.0600. The largest absolute Gasteiger partial charge is 0.465 e. The monoisotopic (exact) mass is 484 g/mol. The predicted octanol–water partition coefficient (Wildman–Crippen LogP) is 3.30. The molecule has 0 spiro atoms. The molecule has 1 aromatic heterocycles. The summed E-state index contributed by atoms with van der Waals surface area (Å²) >= 11 is 0. The number of benzene rings is 2. The van der Waals surface area contributed by atoms with E-state index >= 15 is 0 Å². The molecule has 1 N–H and O–H groups in total. The van der Waals surface area contributed by atoms with Crippen LogP contribution in [0.25, 0.3) is 10.9 Å². The smallest absolute Gasteiger partial charge is 0.337 e. The summed E-state index contributed by atoms with van der Waals surface area (Å²) in [6.45, 7) is 4.49. The molecule has 0 aliphatic carbocycles. The van der Waals surface area contributed by atoms with Gasteiger partial charge in [-0.2, -0.15) is 4.31 Å². The molecular weight excluding hydrogens is 456 g/mol. The van der Waals surface area contributed by atoms with Gasteiger partial charge in [-0.05, 0) is 68.1 Å². The van der Waals surface area contributed by atoms with E-state index in [0.717, 1.165) is 34.9 Å². The van der Waals surface area contributed by atoms with E-state index in [0.29, 0.717) is 12.2 Å². The van der Waals surface area contributed by atoms with E-state index in [9.17, 15) is 18.0 Å². The number of carbonyl (C=O) groups excluding carboxylic acids is 1. The fourth-order valence-electron chi connectivity index (χ4n) is 4.22. The number of fused-ring (bicyclic) bond motifs is 1. The van der Waals surface area contributed by atoms with Gasteiger partial charge in [0.15, 0.2) is 0 Å². The maximum atomic E-state index is 13.6. The van der Waals surface area contributed by atoms with Crippen molar-refractivity contribution < 1.29 is 22.7 Å². The third-order valence-electron chi connectivity index (χ3n) is 6.21. The Balaban J connectivity index is 1.73. The van der Waals surface area contributed by atoms with Crippen molar-refractivity contribution in [1.82, 2.24) is 9.29 Å². The normalized spacial score (nSPS) is 16.3. The first kappa shape index (κ1) is 24.1. The summed E-state index contributed by atoms with van der Waals surface area (Å²) in [5.41, 5.74) is 2.97. The zero-order valence-electron chi connectivity index (χ0n) is 19.5. The number of aryl methyl sites for hydroxylation is 2. The first-order valence-electron chi connectivity index (χ1n) is 11.1. The van der Waals surface area contributed by atoms with Crippen LogP contribution in [0.5, 0.6) is 0 Å². The number of nitrogens with one attached hydrogen (secondary N) is 1. The first-order valence-corrected chi connectivity index (χ1v) is 12.6. The summed E-state index contributed by atoms with van der Waals surface area (Å²) in [6, 6.07) is 11.3. The molecule has 2 heterocycles. The van der Waals surface area contributed by atoms with Gasteiger partial charge in [0.2, 0.25) is 10.0 Å². The number of aromatic amines is 1. The van der Waals surface area contributed by atoms with Crippen LogP contribution in [0.3, 0.4) is 0 Å². The van der Waals surface area contributed by atoms with E-state index < -0.39 is 16.0 Å². The zero-order chi connectivity index (χ0) is 24.5. The number of methoxy groups -OCH3 is 1. The van der Waals surface area contributed by atoms with E-state index in [-0.39, 0.29) is 35.2 Å². The van der Waals surface area contributed by atoms with Crippen molar-refractivity contribution in [2.45, 2.75) is 44.2 Å². The van der Waals surface area contributed by atoms with Crippen LogP contribution in [0.15, 0.2) is 52.2 Å². The quantitative estimate of drug-likeness (QED) is 0.516. The zero-order valence-corrected chi connectivity index (χ0v) is 20.3. The molecule has 8 nitrogen and oxygen atoms in total. The summed E-state index contributed by atoms with van der Waals surface area (Å²) in [6.07, 6.45) is 1.37. The van der Waals surface area contributed by atoms with Crippen LogP contribution in [-0.4, -0.2) is 50.0 Å². The van der Waals surface area contributed by atoms with Gasteiger partial charge in [0.05, 0.1) is 29.2 Å². The van der Waals surface area contributed by atoms with Crippen LogP contribution in [0, 0.1) is 13.8 Å². The minimum absolute atomic E-state index is 0.0300. The average Bonchev–Trinajstić information content (AvgIpc) is 3.34. The minimum atomic E-state index is -3.98. The van der Waals surface area contributed by atoms with Crippen molar-refractivity contribution in [2.75, 3.05) is 20.3 Å². The highest BCUT2D eigenvalue weighted by molar-refractivity contribution is 7.89. The molecule has 1 aliphatic rings. The molecule has 0 saturated carbocycles. The van der Waals surface area contributed by atoms with Crippen molar-refractivity contribution in [2.24, 2.45) is 0 Å². The number of carbonyl (C=O) groups is 1. The van der Waals surface area contributed by atoms with Crippen molar-refractivity contribution in [3.8, 4) is 0 Å². The highest BCUT2D eigenvalue weighted by Crippen LogP contribution is 2.24. The maximum absolute atomic E-state index is 13.6. The molecule has 3 aromatic rings. The van der Waals surface area contributed by atoms with Gasteiger partial charge in [0.1, 0.15) is 0 Å². The van der Waals surface area contributed by atoms with Crippen LogP contribution >= 0.6 is 0 Å². The molecule has 0 bridgehead atoms. The van der Waals surface area contributed by atoms with Gasteiger partial charge in [-0.25, -0.2) is 13.2 Å². The molecule has 0 unspecified atom stereocenters. The third kappa shape index (κ3) is 4.77. The topological polar surface area (TPSA) is 106 Å². The van der Waals surface area contributed by atoms with Crippen molar-refractivity contribution in [3.05, 3.63) is 75.1 Å². The van der Waals surface area contributed by atoms with E-state index in [1.165, 1.54) is 35.7 Å². The number of aromatic nitrogens is 1. The Labute approximate surface area is 198 Å². The first-order chi connectivity index (χ1) is 16.2. The molecule has 2 aromatic carbocycles. The van der Waals surface area contributed by atoms with Crippen LogP contribution in [0.4, 0.5) is 0 Å². The van der Waals surface area contributed by atoms with Gasteiger partial charge in [0.25, 0.3) is 5.56 Å². The molecule has 0 radical (unpaired) electrons. The molecule has 1 saturated heterocycles. The van der Waals surface area contributed by atoms with Crippen LogP contribution in [-0.2, 0) is 26.0 Å². The summed E-state index contributed by atoms with van der Waals surface area (Å²) in [5.74, 6) is -0.548. The number of nitrogens with zero attached hydrogens (tertiary/aromatic N) is 1. The summed E-state index contributed by atoms with van der Waals surface area (Å²) in [7, 11) is -2.71. The third-order valence-corrected chi connectivity index (χ3v) is 8.04. The van der Waals surface area contributed by atoms with Gasteiger partial charge >= 0.3 is 5.97 Å². The van der Waals surface area contributed by atoms with Crippen LogP contribution < -0.4 is 5.56 Å². The Bertz CT molecular complexity index is 1370. The number of ether oxygens (including phenoxy) is 2. The Morgan fingerprint density at radius 1 is 1.15 bits per heavy atom. The maximum Gasteiger partial charge on any atom is 0.337 e. The molecule has 1 aliphatic heterocycles. The van der Waals surface area contributed by atoms with Crippen LogP contribution in [0.2, 0.25) is 0 Å². The van der Waals surface area contributed by atoms with Crippen LogP contribution in [0.1, 0.15) is 39.9 Å². The second-order valence-corrected chi connectivity index (χ2v) is 10.5. The fourth-order valence-corrected chi connectivity index (χ4v) is 5.67. The summed E-state index contributed by atoms with van der Waals surface area (Å²) in [4.78, 5) is 27.6. The number of esters is 1. The SMILES string of the molecule is COC(=O)c1ccc(S(=O)(=O)N(Cc2cc3c(C)ccc(C)c3[nH]c2=O)C[C@H]2CCCO2)cc1. The Hall–Kier alpha value is -3.01. The second kappa shape index (κ2) is 9.69. The van der Waals surface area contributed by atoms with Gasteiger partial charge in [0, 0.05) is 30.6 Å². The molecule has 9 heteroatoms. The lowest BCUT2D eigenvalue weighted by atomic mass is 10.0. The number of hydrogen-bond donors (Lipinski definition) is 1. The number of H-pyrrole nitrogens is 1. The predicted molar refractivity (Wildman–Crippen MR) is 128 cm³/mol. The lowest BCUT2D eigenvalue weighted by Crippen LogP contribution is -2.38. The molecule has 180 valence electrons. The highest BCUT2D eigenvalue weighted by atomic mass is 32.2. The Morgan fingerprint density at radius 3 is 2.50 bits per heavy atom. The summed E-state index contributed by atoms with van der Waals surface area (Å²) < 4.78 is 38.9.